The summed E-state index contributed by atoms with van der Waals surface area (Å²) < 4.78 is 0. The molecule has 0 bridgehead atoms. The van der Waals surface area contributed by atoms with E-state index in [1.807, 2.05) is 12.1 Å². The van der Waals surface area contributed by atoms with Crippen LogP contribution in [0.5, 0.6) is 0 Å². The van der Waals surface area contributed by atoms with Crippen LogP contribution in [0.1, 0.15) is 17.5 Å². The Morgan fingerprint density at radius 3 is 1.29 bits per heavy atom. The van der Waals surface area contributed by atoms with E-state index in [9.17, 15) is 0 Å². The van der Waals surface area contributed by atoms with Crippen LogP contribution in [0.15, 0.2) is 200 Å². The molecule has 0 saturated carbocycles. The summed E-state index contributed by atoms with van der Waals surface area (Å²) in [7, 11) is -4.62. The fourth-order valence-electron chi connectivity index (χ4n) is 9.50. The van der Waals surface area contributed by atoms with Gasteiger partial charge in [0.1, 0.15) is 34.7 Å². The van der Waals surface area contributed by atoms with E-state index < -0.39 is 32.0 Å². The third-order valence-corrected chi connectivity index (χ3v) is 27.2. The number of benzene rings is 7. The van der Waals surface area contributed by atoms with Crippen LogP contribution in [-0.4, -0.2) is 27.7 Å². The molecule has 1 aliphatic carbocycles. The minimum absolute atomic E-state index is 0. The molecule has 2 unspecified atom stereocenters. The van der Waals surface area contributed by atoms with Gasteiger partial charge in [-0.1, -0.05) is 193 Å². The van der Waals surface area contributed by atoms with Crippen LogP contribution in [0.25, 0.3) is 22.3 Å². The topological polar surface area (TPSA) is 0 Å². The van der Waals surface area contributed by atoms with E-state index in [4.69, 9.17) is 12.8 Å². The minimum Gasteiger partial charge on any atom is -0.366 e. The van der Waals surface area contributed by atoms with E-state index in [-0.39, 0.29) is 44.8 Å². The summed E-state index contributed by atoms with van der Waals surface area (Å²) in [6, 6.07) is 63.4. The summed E-state index contributed by atoms with van der Waals surface area (Å²) in [5.74, 6) is 6.47. The molecule has 0 radical (unpaired) electrons. The molecular weight excluding hydrogens is 1200 g/mol. The molecule has 0 spiro atoms. The molecule has 7 aromatic rings. The van der Waals surface area contributed by atoms with Gasteiger partial charge in [0.05, 0.1) is 18.9 Å². The van der Waals surface area contributed by atoms with Crippen LogP contribution in [0.4, 0.5) is 0 Å². The zero-order chi connectivity index (χ0) is 42.4. The Labute approximate surface area is 412 Å². The van der Waals surface area contributed by atoms with Gasteiger partial charge in [0.25, 0.3) is 0 Å². The second-order valence-electron chi connectivity index (χ2n) is 17.0. The zero-order valence-electron chi connectivity index (χ0n) is 36.1. The van der Waals surface area contributed by atoms with Gasteiger partial charge < -0.3 is 12.8 Å². The van der Waals surface area contributed by atoms with E-state index in [1.54, 1.807) is 5.30 Å². The maximum Gasteiger partial charge on any atom is 1.00 e. The van der Waals surface area contributed by atoms with E-state index in [2.05, 4.69) is 226 Å². The van der Waals surface area contributed by atoms with Crippen molar-refractivity contribution < 1.29 is 44.8 Å². The van der Waals surface area contributed by atoms with E-state index >= 15 is 0 Å². The number of allylic oxidation sites excluding steroid dienone is 4. The molecule has 0 N–H and O–H groups in total. The van der Waals surface area contributed by atoms with Crippen LogP contribution in [0.2, 0.25) is 26.2 Å². The summed E-state index contributed by atoms with van der Waals surface area (Å²) in [4.78, 5) is 0. The predicted molar refractivity (Wildman–Crippen MR) is 276 cm³/mol. The van der Waals surface area contributed by atoms with Crippen molar-refractivity contribution in [2.45, 2.75) is 38.3 Å². The van der Waals surface area contributed by atoms with Crippen molar-refractivity contribution >= 4 is 68.7 Å². The summed E-state index contributed by atoms with van der Waals surface area (Å²) >= 11 is 0. The van der Waals surface area contributed by atoms with E-state index in [1.165, 1.54) is 65.9 Å². The normalized spacial score (nSPS) is 15.4. The van der Waals surface area contributed by atoms with Gasteiger partial charge >= 0.3 is 44.8 Å². The SMILES string of the molecule is C1=CCC([PH+](C[PH+](c2ccccc2)c2ccccc2)c2ccccc2)C=C1.[Au+].[Au+].[C-]#Cc1cccc2c1-c1ccccc1[Si]2(C)C.[C-]#Cc1cccc2c1-c1ccccc1[Si]2(C)C. The van der Waals surface area contributed by atoms with Crippen LogP contribution in [0.3, 0.4) is 0 Å². The van der Waals surface area contributed by atoms with E-state index in [0.717, 1.165) is 11.1 Å². The van der Waals surface area contributed by atoms with Crippen molar-refractivity contribution in [3.8, 4) is 34.1 Å². The van der Waals surface area contributed by atoms with Gasteiger partial charge in [-0.3, -0.25) is 11.8 Å². The first kappa shape index (κ1) is 48.4. The molecule has 10 rings (SSSR count). The molecule has 0 nitrogen and oxygen atoms in total. The number of hydrogen-bond acceptors (Lipinski definition) is 0. The average molecular weight is 1250 g/mol. The first-order chi connectivity index (χ1) is 29.7. The molecule has 7 aromatic carbocycles. The second kappa shape index (κ2) is 21.7. The third-order valence-electron chi connectivity index (χ3n) is 12.7. The molecular formula is C57H52Au2P2Si2+2. The predicted octanol–water partition coefficient (Wildman–Crippen LogP) is 10.1. The maximum atomic E-state index is 7.45. The number of fused-ring (bicyclic) bond motifs is 6. The molecule has 0 saturated heterocycles. The molecule has 2 heterocycles. The molecule has 2 aliphatic heterocycles. The van der Waals surface area contributed by atoms with Gasteiger partial charge in [0, 0.05) is 6.42 Å². The Balaban J connectivity index is 0.000000161. The monoisotopic (exact) mass is 1250 g/mol. The Morgan fingerprint density at radius 1 is 0.476 bits per heavy atom. The van der Waals surface area contributed by atoms with Gasteiger partial charge in [-0.15, -0.1) is 23.3 Å². The molecule has 0 fully saturated rings. The van der Waals surface area contributed by atoms with Crippen LogP contribution < -0.4 is 36.7 Å². The van der Waals surface area contributed by atoms with Crippen molar-refractivity contribution in [1.29, 1.82) is 0 Å². The van der Waals surface area contributed by atoms with Gasteiger partial charge in [-0.2, -0.15) is 0 Å². The number of rotatable bonds is 6. The summed E-state index contributed by atoms with van der Waals surface area (Å²) in [6.45, 7) is 9.52. The minimum atomic E-state index is -1.55. The molecule has 2 atom stereocenters. The Bertz CT molecular complexity index is 2650. The van der Waals surface area contributed by atoms with Crippen molar-refractivity contribution in [3.63, 3.8) is 0 Å². The molecule has 3 aliphatic rings. The summed E-state index contributed by atoms with van der Waals surface area (Å²) in [5, 5.41) is 10.5. The smallest absolute Gasteiger partial charge is 0.366 e. The van der Waals surface area contributed by atoms with E-state index in [0.29, 0.717) is 5.66 Å². The largest absolute Gasteiger partial charge is 1.00 e. The maximum absolute atomic E-state index is 7.45. The molecule has 0 aromatic heterocycles. The van der Waals surface area contributed by atoms with Gasteiger partial charge in [0.15, 0.2) is 5.90 Å². The fourth-order valence-corrected chi connectivity index (χ4v) is 24.0. The first-order valence-corrected chi connectivity index (χ1v) is 30.8. The molecule has 318 valence electrons. The van der Waals surface area contributed by atoms with Crippen LogP contribution in [0, 0.1) is 24.7 Å². The Hall–Kier alpha value is -4.09. The molecule has 0 amide bonds. The number of hydrogen-bond donors (Lipinski definition) is 0. The van der Waals surface area contributed by atoms with Gasteiger partial charge in [-0.05, 0) is 64.0 Å². The Kier molecular flexibility index (Phi) is 16.7. The van der Waals surface area contributed by atoms with Crippen molar-refractivity contribution in [3.05, 3.63) is 224 Å². The first-order valence-electron chi connectivity index (χ1n) is 21.3. The zero-order valence-corrected chi connectivity index (χ0v) is 44.5. The van der Waals surface area contributed by atoms with Gasteiger partial charge in [-0.25, -0.2) is 0 Å². The third kappa shape index (κ3) is 10.1. The summed E-state index contributed by atoms with van der Waals surface area (Å²) in [6.07, 6.45) is 25.3. The second-order valence-corrected chi connectivity index (χ2v) is 31.5. The quantitative estimate of drug-likeness (QED) is 0.0674. The van der Waals surface area contributed by atoms with Crippen LogP contribution >= 0.6 is 15.8 Å². The van der Waals surface area contributed by atoms with Crippen molar-refractivity contribution in [1.82, 2.24) is 0 Å². The van der Waals surface area contributed by atoms with Crippen molar-refractivity contribution in [2.75, 3.05) is 5.90 Å². The molecule has 63 heavy (non-hydrogen) atoms. The standard InChI is InChI=1S/C25H24P2.2C16H13Si.2Au/c1-5-13-22(14-6-1)26(23-15-7-2-8-16-23)21-27(24-17-9-3-10-18-24)25-19-11-4-12-20-25;2*1-4-12-8-7-11-15-16(12)13-9-5-6-10-14(13)17(15,2)3;;/h1-19,25H,20-21H2;2*5-11H,2-3H3;;/q;2*-1;2*+1/p+2. The van der Waals surface area contributed by atoms with Crippen molar-refractivity contribution in [2.24, 2.45) is 0 Å². The Morgan fingerprint density at radius 2 is 0.873 bits per heavy atom. The summed E-state index contributed by atoms with van der Waals surface area (Å²) in [5.41, 5.74) is 7.64. The van der Waals surface area contributed by atoms with Gasteiger partial charge in [0.2, 0.25) is 0 Å². The average Bonchev–Trinajstić information content (AvgIpc) is 3.71. The fraction of sp³-hybridized carbons (Fsp3) is 0.123. The molecule has 6 heteroatoms. The van der Waals surface area contributed by atoms with Crippen LogP contribution in [-0.2, 0) is 44.8 Å².